The van der Waals surface area contributed by atoms with Crippen LogP contribution in [0.25, 0.3) is 10.4 Å². The molecule has 2 N–H and O–H groups in total. The lowest BCUT2D eigenvalue weighted by Gasteiger charge is -2.04. The number of anilines is 1. The van der Waals surface area contributed by atoms with Crippen molar-refractivity contribution in [3.63, 3.8) is 0 Å². The fraction of sp³-hybridized carbons (Fsp3) is 0.333. The number of hydrogen-bond donors (Lipinski definition) is 2. The SMILES string of the molecule is CNCCCNc1ncc(-c2cccs2)cn1. The second kappa shape index (κ2) is 6.32. The standard InChI is InChI=1S/C12H16N4S/c1-13-5-3-6-14-12-15-8-10(9-16-12)11-4-2-7-17-11/h2,4,7-9,13H,3,5-6H2,1H3,(H,14,15,16). The van der Waals surface area contributed by atoms with E-state index in [0.29, 0.717) is 5.95 Å². The first-order chi connectivity index (χ1) is 8.40. The molecule has 0 saturated carbocycles. The molecule has 4 nitrogen and oxygen atoms in total. The Hall–Kier alpha value is -1.46. The Morgan fingerprint density at radius 1 is 1.24 bits per heavy atom. The van der Waals surface area contributed by atoms with E-state index in [-0.39, 0.29) is 0 Å². The third-order valence-corrected chi connectivity index (χ3v) is 3.26. The zero-order chi connectivity index (χ0) is 11.9. The van der Waals surface area contributed by atoms with Gasteiger partial charge in [-0.3, -0.25) is 0 Å². The minimum atomic E-state index is 0.696. The molecule has 0 unspecified atom stereocenters. The molecule has 2 rings (SSSR count). The van der Waals surface area contributed by atoms with E-state index in [9.17, 15) is 0 Å². The fourth-order valence-corrected chi connectivity index (χ4v) is 2.16. The van der Waals surface area contributed by atoms with Crippen LogP contribution in [-0.4, -0.2) is 30.1 Å². The van der Waals surface area contributed by atoms with Crippen LogP contribution in [0.5, 0.6) is 0 Å². The highest BCUT2D eigenvalue weighted by molar-refractivity contribution is 7.13. The molecule has 5 heteroatoms. The molecule has 2 heterocycles. The Morgan fingerprint density at radius 2 is 2.06 bits per heavy atom. The molecule has 2 aromatic rings. The first-order valence-electron chi connectivity index (χ1n) is 5.64. The molecule has 0 amide bonds. The maximum atomic E-state index is 4.30. The molecule has 0 aliphatic carbocycles. The van der Waals surface area contributed by atoms with Crippen molar-refractivity contribution >= 4 is 17.3 Å². The van der Waals surface area contributed by atoms with Crippen molar-refractivity contribution in [3.05, 3.63) is 29.9 Å². The Bertz CT molecular complexity index is 424. The molecule has 0 bridgehead atoms. The van der Waals surface area contributed by atoms with Gasteiger partial charge in [0.2, 0.25) is 5.95 Å². The topological polar surface area (TPSA) is 49.8 Å². The lowest BCUT2D eigenvalue weighted by Crippen LogP contribution is -2.13. The average Bonchev–Trinajstić information content (AvgIpc) is 2.89. The molecule has 17 heavy (non-hydrogen) atoms. The molecular formula is C12H16N4S. The van der Waals surface area contributed by atoms with Crippen LogP contribution < -0.4 is 10.6 Å². The van der Waals surface area contributed by atoms with Gasteiger partial charge in [-0.2, -0.15) is 0 Å². The smallest absolute Gasteiger partial charge is 0.222 e. The summed E-state index contributed by atoms with van der Waals surface area (Å²) in [5, 5.41) is 8.35. The Balaban J connectivity index is 1.90. The summed E-state index contributed by atoms with van der Waals surface area (Å²) in [6, 6.07) is 4.10. The molecule has 0 radical (unpaired) electrons. The summed E-state index contributed by atoms with van der Waals surface area (Å²) < 4.78 is 0. The van der Waals surface area contributed by atoms with Gasteiger partial charge in [-0.1, -0.05) is 6.07 Å². The highest BCUT2D eigenvalue weighted by atomic mass is 32.1. The van der Waals surface area contributed by atoms with Gasteiger partial charge in [-0.05, 0) is 31.5 Å². The van der Waals surface area contributed by atoms with Crippen LogP contribution >= 0.6 is 11.3 Å². The van der Waals surface area contributed by atoms with Crippen LogP contribution in [0.4, 0.5) is 5.95 Å². The van der Waals surface area contributed by atoms with Gasteiger partial charge in [0.1, 0.15) is 0 Å². The van der Waals surface area contributed by atoms with Gasteiger partial charge in [-0.25, -0.2) is 9.97 Å². The van der Waals surface area contributed by atoms with Crippen molar-refractivity contribution in [1.82, 2.24) is 15.3 Å². The first-order valence-corrected chi connectivity index (χ1v) is 6.52. The van der Waals surface area contributed by atoms with Crippen LogP contribution in [0, 0.1) is 0 Å². The summed E-state index contributed by atoms with van der Waals surface area (Å²) in [6.45, 7) is 1.89. The van der Waals surface area contributed by atoms with Gasteiger partial charge in [-0.15, -0.1) is 11.3 Å². The molecule has 90 valence electrons. The number of rotatable bonds is 6. The quantitative estimate of drug-likeness (QED) is 0.770. The lowest BCUT2D eigenvalue weighted by molar-refractivity contribution is 0.745. The van der Waals surface area contributed by atoms with Gasteiger partial charge >= 0.3 is 0 Å². The van der Waals surface area contributed by atoms with Crippen molar-refractivity contribution in [3.8, 4) is 10.4 Å². The van der Waals surface area contributed by atoms with Gasteiger partial charge in [0.15, 0.2) is 0 Å². The predicted molar refractivity (Wildman–Crippen MR) is 72.4 cm³/mol. The molecule has 0 aliphatic heterocycles. The molecule has 0 aliphatic rings. The van der Waals surface area contributed by atoms with Crippen molar-refractivity contribution in [2.75, 3.05) is 25.5 Å². The fourth-order valence-electron chi connectivity index (χ4n) is 1.45. The summed E-state index contributed by atoms with van der Waals surface area (Å²) in [5.41, 5.74) is 1.07. The summed E-state index contributed by atoms with van der Waals surface area (Å²) in [6.07, 6.45) is 4.78. The van der Waals surface area contributed by atoms with E-state index in [1.807, 2.05) is 25.5 Å². The van der Waals surface area contributed by atoms with Crippen LogP contribution in [0.1, 0.15) is 6.42 Å². The highest BCUT2D eigenvalue weighted by Gasteiger charge is 2.00. The van der Waals surface area contributed by atoms with Gasteiger partial charge < -0.3 is 10.6 Å². The number of hydrogen-bond acceptors (Lipinski definition) is 5. The maximum absolute atomic E-state index is 4.30. The van der Waals surface area contributed by atoms with Crippen LogP contribution in [0.2, 0.25) is 0 Å². The van der Waals surface area contributed by atoms with E-state index in [2.05, 4.69) is 32.0 Å². The third kappa shape index (κ3) is 3.51. The zero-order valence-electron chi connectivity index (χ0n) is 9.81. The molecule has 0 atom stereocenters. The minimum Gasteiger partial charge on any atom is -0.354 e. The Kier molecular flexibility index (Phi) is 4.46. The molecular weight excluding hydrogens is 232 g/mol. The van der Waals surface area contributed by atoms with Gasteiger partial charge in [0.25, 0.3) is 0 Å². The largest absolute Gasteiger partial charge is 0.354 e. The molecule has 2 aromatic heterocycles. The summed E-state index contributed by atoms with van der Waals surface area (Å²) in [5.74, 6) is 0.696. The van der Waals surface area contributed by atoms with Gasteiger partial charge in [0, 0.05) is 29.4 Å². The second-order valence-corrected chi connectivity index (χ2v) is 4.60. The number of aromatic nitrogens is 2. The summed E-state index contributed by atoms with van der Waals surface area (Å²) in [4.78, 5) is 9.79. The van der Waals surface area contributed by atoms with Gasteiger partial charge in [0.05, 0.1) is 0 Å². The first kappa shape index (κ1) is 12.0. The summed E-state index contributed by atoms with van der Waals surface area (Å²) >= 11 is 1.70. The van der Waals surface area contributed by atoms with E-state index >= 15 is 0 Å². The van der Waals surface area contributed by atoms with E-state index in [0.717, 1.165) is 25.1 Å². The third-order valence-electron chi connectivity index (χ3n) is 2.34. The van der Waals surface area contributed by atoms with E-state index in [1.54, 1.807) is 11.3 Å². The van der Waals surface area contributed by atoms with Crippen LogP contribution in [0.3, 0.4) is 0 Å². The van der Waals surface area contributed by atoms with Crippen molar-refractivity contribution in [1.29, 1.82) is 0 Å². The monoisotopic (exact) mass is 248 g/mol. The Labute approximate surface area is 105 Å². The van der Waals surface area contributed by atoms with Crippen molar-refractivity contribution in [2.24, 2.45) is 0 Å². The van der Waals surface area contributed by atoms with Crippen LogP contribution in [-0.2, 0) is 0 Å². The zero-order valence-corrected chi connectivity index (χ0v) is 10.6. The number of thiophene rings is 1. The number of nitrogens with one attached hydrogen (secondary N) is 2. The normalized spacial score (nSPS) is 10.4. The minimum absolute atomic E-state index is 0.696. The summed E-state index contributed by atoms with van der Waals surface area (Å²) in [7, 11) is 1.95. The Morgan fingerprint density at radius 3 is 2.71 bits per heavy atom. The van der Waals surface area contributed by atoms with Crippen molar-refractivity contribution < 1.29 is 0 Å². The molecule has 0 spiro atoms. The predicted octanol–water partition coefficient (Wildman–Crippen LogP) is 2.23. The second-order valence-electron chi connectivity index (χ2n) is 3.66. The van der Waals surface area contributed by atoms with E-state index in [4.69, 9.17) is 0 Å². The average molecular weight is 248 g/mol. The maximum Gasteiger partial charge on any atom is 0.222 e. The van der Waals surface area contributed by atoms with E-state index < -0.39 is 0 Å². The van der Waals surface area contributed by atoms with E-state index in [1.165, 1.54) is 4.88 Å². The van der Waals surface area contributed by atoms with Crippen molar-refractivity contribution in [2.45, 2.75) is 6.42 Å². The molecule has 0 aromatic carbocycles. The lowest BCUT2D eigenvalue weighted by atomic mass is 10.3. The molecule has 0 fully saturated rings. The highest BCUT2D eigenvalue weighted by Crippen LogP contribution is 2.23. The number of nitrogens with zero attached hydrogens (tertiary/aromatic N) is 2. The van der Waals surface area contributed by atoms with Crippen LogP contribution in [0.15, 0.2) is 29.9 Å². The molecule has 0 saturated heterocycles.